The summed E-state index contributed by atoms with van der Waals surface area (Å²) >= 11 is 0. The maximum absolute atomic E-state index is 6.36. The zero-order valence-corrected chi connectivity index (χ0v) is 30.0. The lowest BCUT2D eigenvalue weighted by Crippen LogP contribution is -2.02. The summed E-state index contributed by atoms with van der Waals surface area (Å²) in [6, 6.07) is 71.8. The van der Waals surface area contributed by atoms with Crippen LogP contribution in [0.15, 0.2) is 199 Å². The number of fused-ring (bicyclic) bond motifs is 10. The minimum Gasteiger partial charge on any atom is -0.456 e. The van der Waals surface area contributed by atoms with Gasteiger partial charge in [-0.15, -0.1) is 0 Å². The minimum atomic E-state index is 0.0760. The molecular formula is C54H34O. The predicted molar refractivity (Wildman–Crippen MR) is 228 cm³/mol. The van der Waals surface area contributed by atoms with Crippen LogP contribution in [-0.2, 0) is 0 Å². The van der Waals surface area contributed by atoms with Crippen molar-refractivity contribution in [2.45, 2.75) is 11.8 Å². The lowest BCUT2D eigenvalue weighted by Gasteiger charge is -2.20. The molecule has 0 spiro atoms. The fourth-order valence-electron chi connectivity index (χ4n) is 9.87. The molecule has 0 bridgehead atoms. The van der Waals surface area contributed by atoms with Crippen molar-refractivity contribution in [1.82, 2.24) is 0 Å². The third-order valence-electron chi connectivity index (χ3n) is 12.2. The van der Waals surface area contributed by atoms with E-state index in [0.29, 0.717) is 0 Å². The van der Waals surface area contributed by atoms with E-state index in [1.807, 2.05) is 6.07 Å². The van der Waals surface area contributed by atoms with Gasteiger partial charge in [0.25, 0.3) is 0 Å². The van der Waals surface area contributed by atoms with Crippen LogP contribution in [0, 0.1) is 0 Å². The lowest BCUT2D eigenvalue weighted by atomic mass is 9.83. The molecule has 55 heavy (non-hydrogen) atoms. The SMILES string of the molecule is c1ccc(C2c3ccccc3-c3ccc(-c4ccc5c(c4)C(c4cc(-c6cccc7oc8ccccc8c67)cc6ccccc46)c4ccccc4-5)cc32)cc1. The van der Waals surface area contributed by atoms with Gasteiger partial charge in [-0.25, -0.2) is 0 Å². The first-order chi connectivity index (χ1) is 27.3. The summed E-state index contributed by atoms with van der Waals surface area (Å²) in [4.78, 5) is 0. The van der Waals surface area contributed by atoms with Crippen LogP contribution in [-0.4, -0.2) is 0 Å². The maximum atomic E-state index is 6.36. The molecule has 0 aliphatic heterocycles. The van der Waals surface area contributed by atoms with Crippen LogP contribution in [0.25, 0.3) is 77.2 Å². The molecule has 1 heteroatoms. The van der Waals surface area contributed by atoms with Gasteiger partial charge in [-0.3, -0.25) is 0 Å². The summed E-state index contributed by atoms with van der Waals surface area (Å²) in [5, 5.41) is 4.85. The molecule has 9 aromatic carbocycles. The van der Waals surface area contributed by atoms with Crippen molar-refractivity contribution in [2.75, 3.05) is 0 Å². The molecule has 0 N–H and O–H groups in total. The second kappa shape index (κ2) is 11.8. The molecular weight excluding hydrogens is 665 g/mol. The first-order valence-corrected chi connectivity index (χ1v) is 19.2. The fraction of sp³-hybridized carbons (Fsp3) is 0.0370. The highest BCUT2D eigenvalue weighted by molar-refractivity contribution is 6.13. The van der Waals surface area contributed by atoms with Gasteiger partial charge in [0.15, 0.2) is 0 Å². The normalized spacial score (nSPS) is 15.3. The number of benzene rings is 9. The molecule has 0 saturated heterocycles. The van der Waals surface area contributed by atoms with Crippen LogP contribution in [0.1, 0.15) is 45.2 Å². The van der Waals surface area contributed by atoms with E-state index in [0.717, 1.165) is 16.6 Å². The molecule has 0 saturated carbocycles. The van der Waals surface area contributed by atoms with E-state index in [1.54, 1.807) is 0 Å². The number of rotatable bonds is 4. The van der Waals surface area contributed by atoms with Crippen LogP contribution >= 0.6 is 0 Å². The van der Waals surface area contributed by atoms with Crippen molar-refractivity contribution in [2.24, 2.45) is 0 Å². The topological polar surface area (TPSA) is 13.1 Å². The molecule has 2 unspecified atom stereocenters. The van der Waals surface area contributed by atoms with Crippen molar-refractivity contribution < 1.29 is 4.42 Å². The minimum absolute atomic E-state index is 0.0760. The molecule has 12 rings (SSSR count). The Bertz CT molecular complexity index is 3160. The first-order valence-electron chi connectivity index (χ1n) is 19.2. The summed E-state index contributed by atoms with van der Waals surface area (Å²) in [7, 11) is 0. The number of hydrogen-bond donors (Lipinski definition) is 0. The summed E-state index contributed by atoms with van der Waals surface area (Å²) in [5.74, 6) is 0.289. The molecule has 2 atom stereocenters. The standard InChI is InChI=1S/C54H34O/c1-2-13-33(14-3-1)52-44-19-8-6-17-40(44)42-27-25-34(30-48(42)52)35-26-28-43-41-18-7-9-20-45(41)53(49(43)31-35)47-32-37(29-36-15-4-5-16-38(36)47)39-22-12-24-51-54(39)46-21-10-11-23-50(46)55-51/h1-32,52-53H. The number of hydrogen-bond acceptors (Lipinski definition) is 1. The smallest absolute Gasteiger partial charge is 0.136 e. The largest absolute Gasteiger partial charge is 0.456 e. The Hall–Kier alpha value is -6.96. The average molecular weight is 699 g/mol. The molecule has 10 aromatic rings. The van der Waals surface area contributed by atoms with E-state index >= 15 is 0 Å². The van der Waals surface area contributed by atoms with Crippen LogP contribution in [0.3, 0.4) is 0 Å². The van der Waals surface area contributed by atoms with Gasteiger partial charge in [0.1, 0.15) is 11.2 Å². The monoisotopic (exact) mass is 698 g/mol. The van der Waals surface area contributed by atoms with Gasteiger partial charge >= 0.3 is 0 Å². The van der Waals surface area contributed by atoms with Gasteiger partial charge in [-0.1, -0.05) is 158 Å². The van der Waals surface area contributed by atoms with E-state index in [1.165, 1.54) is 94.0 Å². The molecule has 0 fully saturated rings. The fourth-order valence-corrected chi connectivity index (χ4v) is 9.87. The Morgan fingerprint density at radius 2 is 0.855 bits per heavy atom. The number of para-hydroxylation sites is 1. The Kier molecular flexibility index (Phi) is 6.53. The predicted octanol–water partition coefficient (Wildman–Crippen LogP) is 14.4. The summed E-state index contributed by atoms with van der Waals surface area (Å²) in [6.07, 6.45) is 0. The molecule has 0 radical (unpaired) electrons. The van der Waals surface area contributed by atoms with Crippen molar-refractivity contribution in [3.05, 3.63) is 228 Å². The van der Waals surface area contributed by atoms with E-state index in [2.05, 4.69) is 188 Å². The van der Waals surface area contributed by atoms with Gasteiger partial charge in [0.05, 0.1) is 0 Å². The highest BCUT2D eigenvalue weighted by Gasteiger charge is 2.33. The second-order valence-corrected chi connectivity index (χ2v) is 15.1. The lowest BCUT2D eigenvalue weighted by molar-refractivity contribution is 0.669. The highest BCUT2D eigenvalue weighted by atomic mass is 16.3. The quantitative estimate of drug-likeness (QED) is 0.178. The van der Waals surface area contributed by atoms with Crippen molar-refractivity contribution in [1.29, 1.82) is 0 Å². The van der Waals surface area contributed by atoms with Crippen LogP contribution < -0.4 is 0 Å². The van der Waals surface area contributed by atoms with Crippen LogP contribution in [0.5, 0.6) is 0 Å². The van der Waals surface area contributed by atoms with Gasteiger partial charge in [0, 0.05) is 22.6 Å². The first kappa shape index (κ1) is 30.5. The summed E-state index contributed by atoms with van der Waals surface area (Å²) in [6.45, 7) is 0. The molecule has 2 aliphatic rings. The van der Waals surface area contributed by atoms with Gasteiger partial charge in [0.2, 0.25) is 0 Å². The molecule has 1 aromatic heterocycles. The van der Waals surface area contributed by atoms with Crippen molar-refractivity contribution in [3.8, 4) is 44.5 Å². The molecule has 256 valence electrons. The molecule has 1 heterocycles. The third-order valence-corrected chi connectivity index (χ3v) is 12.2. The van der Waals surface area contributed by atoms with Crippen molar-refractivity contribution in [3.63, 3.8) is 0 Å². The van der Waals surface area contributed by atoms with E-state index < -0.39 is 0 Å². The van der Waals surface area contributed by atoms with E-state index in [4.69, 9.17) is 4.42 Å². The van der Waals surface area contributed by atoms with Crippen molar-refractivity contribution >= 4 is 32.7 Å². The van der Waals surface area contributed by atoms with Crippen LogP contribution in [0.2, 0.25) is 0 Å². The Labute approximate surface area is 319 Å². The molecule has 1 nitrogen and oxygen atoms in total. The zero-order valence-electron chi connectivity index (χ0n) is 30.0. The maximum Gasteiger partial charge on any atom is 0.136 e. The molecule has 0 amide bonds. The highest BCUT2D eigenvalue weighted by Crippen LogP contribution is 2.53. The Morgan fingerprint density at radius 1 is 0.309 bits per heavy atom. The Morgan fingerprint density at radius 3 is 1.62 bits per heavy atom. The summed E-state index contributed by atoms with van der Waals surface area (Å²) in [5.41, 5.74) is 20.2. The van der Waals surface area contributed by atoms with E-state index in [9.17, 15) is 0 Å². The van der Waals surface area contributed by atoms with Gasteiger partial charge < -0.3 is 4.42 Å². The van der Waals surface area contributed by atoms with Crippen LogP contribution in [0.4, 0.5) is 0 Å². The number of furan rings is 1. The van der Waals surface area contributed by atoms with E-state index in [-0.39, 0.29) is 11.8 Å². The zero-order chi connectivity index (χ0) is 36.0. The second-order valence-electron chi connectivity index (χ2n) is 15.1. The van der Waals surface area contributed by atoms with Gasteiger partial charge in [-0.2, -0.15) is 0 Å². The average Bonchev–Trinajstić information content (AvgIpc) is 3.91. The van der Waals surface area contributed by atoms with Gasteiger partial charge in [-0.05, 0) is 125 Å². The third kappa shape index (κ3) is 4.54. The molecule has 2 aliphatic carbocycles. The summed E-state index contributed by atoms with van der Waals surface area (Å²) < 4.78 is 6.36. The Balaban J connectivity index is 1.05.